The van der Waals surface area contributed by atoms with E-state index >= 15 is 0 Å². The van der Waals surface area contributed by atoms with Crippen molar-refractivity contribution in [3.05, 3.63) is 17.3 Å². The van der Waals surface area contributed by atoms with Crippen molar-refractivity contribution in [2.75, 3.05) is 5.73 Å². The van der Waals surface area contributed by atoms with Gasteiger partial charge in [0.05, 0.1) is 5.56 Å². The molecule has 13 heavy (non-hydrogen) atoms. The molecule has 0 unspecified atom stereocenters. The number of aromatic amines is 1. The van der Waals surface area contributed by atoms with Gasteiger partial charge in [-0.25, -0.2) is 0 Å². The Morgan fingerprint density at radius 3 is 2.77 bits per heavy atom. The second kappa shape index (κ2) is 3.14. The molecule has 0 bridgehead atoms. The van der Waals surface area contributed by atoms with E-state index in [9.17, 15) is 0 Å². The fourth-order valence-electron chi connectivity index (χ4n) is 2.14. The summed E-state index contributed by atoms with van der Waals surface area (Å²) in [4.78, 5) is 2.92. The van der Waals surface area contributed by atoms with Crippen molar-refractivity contribution in [2.45, 2.75) is 31.6 Å². The van der Waals surface area contributed by atoms with Crippen molar-refractivity contribution in [1.29, 1.82) is 5.26 Å². The summed E-state index contributed by atoms with van der Waals surface area (Å²) in [6, 6.07) is 2.16. The third-order valence-electron chi connectivity index (χ3n) is 2.85. The molecular weight excluding hydrogens is 162 g/mol. The molecule has 68 valence electrons. The minimum absolute atomic E-state index is 0.518. The van der Waals surface area contributed by atoms with Crippen LogP contribution in [0.15, 0.2) is 6.20 Å². The summed E-state index contributed by atoms with van der Waals surface area (Å²) in [7, 11) is 0. The molecule has 0 saturated heterocycles. The van der Waals surface area contributed by atoms with Crippen molar-refractivity contribution >= 4 is 5.82 Å². The standard InChI is InChI=1S/C10H13N3/c11-5-8-9(6-13-10(8)12)7-3-1-2-4-7/h6-7,13H,1-4,12H2. The molecule has 0 aliphatic heterocycles. The number of H-pyrrole nitrogens is 1. The molecule has 3 N–H and O–H groups in total. The summed E-state index contributed by atoms with van der Waals surface area (Å²) >= 11 is 0. The molecule has 0 aromatic carbocycles. The quantitative estimate of drug-likeness (QED) is 0.686. The number of anilines is 1. The average Bonchev–Trinajstić information content (AvgIpc) is 2.71. The first kappa shape index (κ1) is 8.18. The lowest BCUT2D eigenvalue weighted by Crippen LogP contribution is -1.94. The monoisotopic (exact) mass is 175 g/mol. The molecule has 1 saturated carbocycles. The molecule has 2 rings (SSSR count). The van der Waals surface area contributed by atoms with Gasteiger partial charge in [-0.15, -0.1) is 0 Å². The summed E-state index contributed by atoms with van der Waals surface area (Å²) in [6.07, 6.45) is 6.85. The van der Waals surface area contributed by atoms with Gasteiger partial charge in [-0.05, 0) is 24.3 Å². The molecule has 1 fully saturated rings. The van der Waals surface area contributed by atoms with Gasteiger partial charge in [0.25, 0.3) is 0 Å². The van der Waals surface area contributed by atoms with Gasteiger partial charge in [-0.1, -0.05) is 12.8 Å². The summed E-state index contributed by atoms with van der Waals surface area (Å²) in [5.41, 5.74) is 7.42. The number of nitrogens with one attached hydrogen (secondary N) is 1. The maximum atomic E-state index is 8.90. The Bertz CT molecular complexity index is 340. The third kappa shape index (κ3) is 1.29. The van der Waals surface area contributed by atoms with Crippen LogP contribution in [0.1, 0.15) is 42.7 Å². The number of hydrogen-bond acceptors (Lipinski definition) is 2. The highest BCUT2D eigenvalue weighted by molar-refractivity contribution is 5.55. The SMILES string of the molecule is N#Cc1c(C2CCCC2)c[nH]c1N. The second-order valence-electron chi connectivity index (χ2n) is 3.63. The summed E-state index contributed by atoms with van der Waals surface area (Å²) in [6.45, 7) is 0. The molecule has 0 amide bonds. The van der Waals surface area contributed by atoms with E-state index in [-0.39, 0.29) is 0 Å². The van der Waals surface area contributed by atoms with Crippen molar-refractivity contribution in [3.8, 4) is 6.07 Å². The second-order valence-corrected chi connectivity index (χ2v) is 3.63. The smallest absolute Gasteiger partial charge is 0.119 e. The number of nitrogens with zero attached hydrogens (tertiary/aromatic N) is 1. The lowest BCUT2D eigenvalue weighted by molar-refractivity contribution is 0.722. The number of rotatable bonds is 1. The molecule has 0 spiro atoms. The van der Waals surface area contributed by atoms with Gasteiger partial charge in [0.1, 0.15) is 11.9 Å². The zero-order valence-electron chi connectivity index (χ0n) is 7.51. The predicted molar refractivity (Wildman–Crippen MR) is 51.1 cm³/mol. The first-order valence-electron chi connectivity index (χ1n) is 4.69. The van der Waals surface area contributed by atoms with E-state index in [0.29, 0.717) is 17.3 Å². The topological polar surface area (TPSA) is 65.6 Å². The first-order chi connectivity index (χ1) is 6.33. The van der Waals surface area contributed by atoms with E-state index in [1.54, 1.807) is 0 Å². The van der Waals surface area contributed by atoms with Crippen molar-refractivity contribution in [2.24, 2.45) is 0 Å². The maximum Gasteiger partial charge on any atom is 0.119 e. The fourth-order valence-corrected chi connectivity index (χ4v) is 2.14. The molecule has 1 heterocycles. The van der Waals surface area contributed by atoms with Gasteiger partial charge in [-0.2, -0.15) is 5.26 Å². The van der Waals surface area contributed by atoms with Gasteiger partial charge >= 0.3 is 0 Å². The third-order valence-corrected chi connectivity index (χ3v) is 2.85. The highest BCUT2D eigenvalue weighted by Gasteiger charge is 2.21. The lowest BCUT2D eigenvalue weighted by Gasteiger charge is -2.05. The average molecular weight is 175 g/mol. The Morgan fingerprint density at radius 1 is 1.46 bits per heavy atom. The lowest BCUT2D eigenvalue weighted by atomic mass is 9.97. The summed E-state index contributed by atoms with van der Waals surface area (Å²) < 4.78 is 0. The van der Waals surface area contributed by atoms with Gasteiger partial charge in [0.2, 0.25) is 0 Å². The minimum Gasteiger partial charge on any atom is -0.384 e. The van der Waals surface area contributed by atoms with Crippen LogP contribution in [0.4, 0.5) is 5.82 Å². The summed E-state index contributed by atoms with van der Waals surface area (Å²) in [5, 5.41) is 8.90. The molecule has 1 aliphatic rings. The highest BCUT2D eigenvalue weighted by atomic mass is 14.8. The molecule has 1 aromatic heterocycles. The first-order valence-corrected chi connectivity index (χ1v) is 4.69. The molecule has 0 atom stereocenters. The van der Waals surface area contributed by atoms with Crippen molar-refractivity contribution < 1.29 is 0 Å². The zero-order chi connectivity index (χ0) is 9.26. The predicted octanol–water partition coefficient (Wildman–Crippen LogP) is 2.13. The Hall–Kier alpha value is -1.43. The van der Waals surface area contributed by atoms with Crippen LogP contribution < -0.4 is 5.73 Å². The highest BCUT2D eigenvalue weighted by Crippen LogP contribution is 2.36. The van der Waals surface area contributed by atoms with Gasteiger partial charge in [0.15, 0.2) is 0 Å². The van der Waals surface area contributed by atoms with Crippen molar-refractivity contribution in [1.82, 2.24) is 4.98 Å². The Balaban J connectivity index is 2.34. The molecule has 1 aromatic rings. The largest absolute Gasteiger partial charge is 0.384 e. The zero-order valence-corrected chi connectivity index (χ0v) is 7.51. The van der Waals surface area contributed by atoms with Crippen molar-refractivity contribution in [3.63, 3.8) is 0 Å². The summed E-state index contributed by atoms with van der Waals surface area (Å²) in [5.74, 6) is 1.08. The van der Waals surface area contributed by atoms with Crippen LogP contribution in [0.2, 0.25) is 0 Å². The van der Waals surface area contributed by atoms with E-state index < -0.39 is 0 Å². The van der Waals surface area contributed by atoms with E-state index in [1.165, 1.54) is 25.7 Å². The van der Waals surface area contributed by atoms with Crippen LogP contribution in [-0.2, 0) is 0 Å². The van der Waals surface area contributed by atoms with Crippen LogP contribution in [0, 0.1) is 11.3 Å². The van der Waals surface area contributed by atoms with Crippen LogP contribution in [0.5, 0.6) is 0 Å². The normalized spacial score (nSPS) is 17.5. The maximum absolute atomic E-state index is 8.90. The number of nitriles is 1. The molecule has 1 aliphatic carbocycles. The molecule has 0 radical (unpaired) electrons. The fraction of sp³-hybridized carbons (Fsp3) is 0.500. The number of nitrogen functional groups attached to an aromatic ring is 1. The van der Waals surface area contributed by atoms with E-state index in [1.807, 2.05) is 6.20 Å². The van der Waals surface area contributed by atoms with Crippen LogP contribution in [-0.4, -0.2) is 4.98 Å². The number of aromatic nitrogens is 1. The Kier molecular flexibility index (Phi) is 1.97. The molecule has 3 heteroatoms. The van der Waals surface area contributed by atoms with E-state index in [4.69, 9.17) is 11.0 Å². The number of nitrogens with two attached hydrogens (primary N) is 1. The van der Waals surface area contributed by atoms with E-state index in [2.05, 4.69) is 11.1 Å². The van der Waals surface area contributed by atoms with Crippen LogP contribution >= 0.6 is 0 Å². The van der Waals surface area contributed by atoms with E-state index in [0.717, 1.165) is 5.56 Å². The van der Waals surface area contributed by atoms with Gasteiger partial charge in [0, 0.05) is 6.20 Å². The van der Waals surface area contributed by atoms with Gasteiger partial charge < -0.3 is 10.7 Å². The number of hydrogen-bond donors (Lipinski definition) is 2. The van der Waals surface area contributed by atoms with Crippen LogP contribution in [0.25, 0.3) is 0 Å². The minimum atomic E-state index is 0.518. The Morgan fingerprint density at radius 2 is 2.15 bits per heavy atom. The molecule has 3 nitrogen and oxygen atoms in total. The van der Waals surface area contributed by atoms with Gasteiger partial charge in [-0.3, -0.25) is 0 Å². The van der Waals surface area contributed by atoms with Crippen LogP contribution in [0.3, 0.4) is 0 Å². The Labute approximate surface area is 77.6 Å². The molecular formula is C10H13N3.